The molecule has 3 N–H and O–H groups in total. The molecular formula is C13H22N2O2S. The van der Waals surface area contributed by atoms with E-state index in [0.29, 0.717) is 13.0 Å². The van der Waals surface area contributed by atoms with Gasteiger partial charge in [0, 0.05) is 18.6 Å². The molecular weight excluding hydrogens is 248 g/mol. The predicted molar refractivity (Wildman–Crippen MR) is 74.6 cm³/mol. The summed E-state index contributed by atoms with van der Waals surface area (Å²) in [4.78, 5) is 13.1. The first kappa shape index (κ1) is 15.1. The van der Waals surface area contributed by atoms with E-state index in [1.54, 1.807) is 18.4 Å². The molecule has 4 nitrogen and oxygen atoms in total. The second-order valence-electron chi connectivity index (χ2n) is 4.25. The number of thiophene rings is 1. The lowest BCUT2D eigenvalue weighted by Gasteiger charge is -2.19. The van der Waals surface area contributed by atoms with E-state index in [0.717, 1.165) is 12.8 Å². The molecule has 1 heterocycles. The summed E-state index contributed by atoms with van der Waals surface area (Å²) in [7, 11) is 1.61. The van der Waals surface area contributed by atoms with Crippen molar-refractivity contribution >= 4 is 17.2 Å². The zero-order valence-corrected chi connectivity index (χ0v) is 11.8. The monoisotopic (exact) mass is 270 g/mol. The minimum Gasteiger partial charge on any atom is -0.385 e. The highest BCUT2D eigenvalue weighted by molar-refractivity contribution is 7.10. The number of ether oxygens (including phenoxy) is 1. The van der Waals surface area contributed by atoms with Crippen LogP contribution in [0.1, 0.15) is 37.1 Å². The zero-order chi connectivity index (χ0) is 13.4. The molecule has 5 heteroatoms. The lowest BCUT2D eigenvalue weighted by atomic mass is 10.1. The van der Waals surface area contributed by atoms with E-state index in [9.17, 15) is 4.79 Å². The van der Waals surface area contributed by atoms with Crippen molar-refractivity contribution in [2.45, 2.75) is 38.3 Å². The number of hydrogen-bond donors (Lipinski definition) is 2. The number of nitrogens with two attached hydrogens (primary N) is 1. The van der Waals surface area contributed by atoms with Gasteiger partial charge in [0.2, 0.25) is 5.91 Å². The van der Waals surface area contributed by atoms with Crippen LogP contribution in [0.3, 0.4) is 0 Å². The first-order chi connectivity index (χ1) is 8.69. The van der Waals surface area contributed by atoms with E-state index in [4.69, 9.17) is 10.5 Å². The fourth-order valence-electron chi connectivity index (χ4n) is 1.72. The van der Waals surface area contributed by atoms with E-state index in [2.05, 4.69) is 12.2 Å². The molecule has 0 bridgehead atoms. The van der Waals surface area contributed by atoms with Gasteiger partial charge in [-0.15, -0.1) is 11.3 Å². The topological polar surface area (TPSA) is 64.4 Å². The van der Waals surface area contributed by atoms with Gasteiger partial charge in [-0.3, -0.25) is 4.79 Å². The number of carbonyl (C=O) groups is 1. The van der Waals surface area contributed by atoms with Gasteiger partial charge in [-0.25, -0.2) is 0 Å². The van der Waals surface area contributed by atoms with Crippen LogP contribution in [0.25, 0.3) is 0 Å². The summed E-state index contributed by atoms with van der Waals surface area (Å²) in [5.74, 6) is -0.0982. The maximum Gasteiger partial charge on any atom is 0.237 e. The molecule has 0 aromatic carbocycles. The Bertz CT molecular complexity index is 341. The fourth-order valence-corrected chi connectivity index (χ4v) is 2.53. The van der Waals surface area contributed by atoms with E-state index >= 15 is 0 Å². The maximum absolute atomic E-state index is 11.9. The molecule has 2 unspecified atom stereocenters. The molecule has 102 valence electrons. The van der Waals surface area contributed by atoms with Crippen molar-refractivity contribution < 1.29 is 9.53 Å². The summed E-state index contributed by atoms with van der Waals surface area (Å²) in [6.45, 7) is 2.61. The summed E-state index contributed by atoms with van der Waals surface area (Å²) in [6, 6.07) is 3.63. The van der Waals surface area contributed by atoms with Crippen LogP contribution in [0.2, 0.25) is 0 Å². The molecule has 0 aliphatic heterocycles. The molecule has 0 saturated heterocycles. The van der Waals surface area contributed by atoms with Gasteiger partial charge < -0.3 is 15.8 Å². The highest BCUT2D eigenvalue weighted by atomic mass is 32.1. The van der Waals surface area contributed by atoms with Crippen molar-refractivity contribution in [1.82, 2.24) is 5.32 Å². The van der Waals surface area contributed by atoms with Crippen LogP contribution in [0.4, 0.5) is 0 Å². The molecule has 0 radical (unpaired) electrons. The van der Waals surface area contributed by atoms with Crippen LogP contribution in [-0.4, -0.2) is 25.7 Å². The number of nitrogens with one attached hydrogen (secondary N) is 1. The maximum atomic E-state index is 11.9. The van der Waals surface area contributed by atoms with E-state index in [1.165, 1.54) is 4.88 Å². The Balaban J connectivity index is 2.53. The van der Waals surface area contributed by atoms with Crippen LogP contribution in [0.5, 0.6) is 0 Å². The third-order valence-corrected chi connectivity index (χ3v) is 3.74. The van der Waals surface area contributed by atoms with Gasteiger partial charge in [-0.1, -0.05) is 19.4 Å². The molecule has 0 fully saturated rings. The summed E-state index contributed by atoms with van der Waals surface area (Å²) >= 11 is 1.66. The Morgan fingerprint density at radius 1 is 1.56 bits per heavy atom. The average molecular weight is 270 g/mol. The molecule has 0 saturated carbocycles. The van der Waals surface area contributed by atoms with Crippen molar-refractivity contribution in [2.75, 3.05) is 13.7 Å². The summed E-state index contributed by atoms with van der Waals surface area (Å²) in [5, 5.41) is 5.04. The summed E-state index contributed by atoms with van der Waals surface area (Å²) in [6.07, 6.45) is 2.50. The minimum absolute atomic E-state index is 0.0797. The molecule has 1 amide bonds. The van der Waals surface area contributed by atoms with Crippen molar-refractivity contribution in [3.63, 3.8) is 0 Å². The smallest absolute Gasteiger partial charge is 0.237 e. The van der Waals surface area contributed by atoms with Crippen molar-refractivity contribution in [3.05, 3.63) is 22.4 Å². The molecule has 18 heavy (non-hydrogen) atoms. The van der Waals surface area contributed by atoms with Crippen LogP contribution in [0, 0.1) is 0 Å². The highest BCUT2D eigenvalue weighted by Gasteiger charge is 2.19. The lowest BCUT2D eigenvalue weighted by molar-refractivity contribution is -0.123. The molecule has 0 aliphatic carbocycles. The fraction of sp³-hybridized carbons (Fsp3) is 0.615. The van der Waals surface area contributed by atoms with E-state index < -0.39 is 6.04 Å². The highest BCUT2D eigenvalue weighted by Crippen LogP contribution is 2.23. The molecule has 1 aromatic rings. The first-order valence-corrected chi connectivity index (χ1v) is 7.15. The third kappa shape index (κ3) is 4.76. The van der Waals surface area contributed by atoms with Crippen molar-refractivity contribution in [2.24, 2.45) is 5.73 Å². The molecule has 0 spiro atoms. The number of carbonyl (C=O) groups excluding carboxylic acids is 1. The second-order valence-corrected chi connectivity index (χ2v) is 5.23. The van der Waals surface area contributed by atoms with Gasteiger partial charge in [0.1, 0.15) is 0 Å². The van der Waals surface area contributed by atoms with Crippen LogP contribution >= 0.6 is 11.3 Å². The second kappa shape index (κ2) is 8.24. The Labute approximate surface area is 113 Å². The number of rotatable bonds is 8. The van der Waals surface area contributed by atoms with Gasteiger partial charge in [0.15, 0.2) is 0 Å². The average Bonchev–Trinajstić information content (AvgIpc) is 2.89. The Morgan fingerprint density at radius 3 is 2.89 bits per heavy atom. The van der Waals surface area contributed by atoms with Crippen molar-refractivity contribution in [1.29, 1.82) is 0 Å². The van der Waals surface area contributed by atoms with Gasteiger partial charge in [-0.2, -0.15) is 0 Å². The molecule has 1 aromatic heterocycles. The summed E-state index contributed by atoms with van der Waals surface area (Å²) in [5.41, 5.74) is 5.81. The third-order valence-electron chi connectivity index (χ3n) is 2.75. The van der Waals surface area contributed by atoms with Gasteiger partial charge in [0.05, 0.1) is 12.1 Å². The van der Waals surface area contributed by atoms with Crippen molar-refractivity contribution in [3.8, 4) is 0 Å². The van der Waals surface area contributed by atoms with Gasteiger partial charge >= 0.3 is 0 Å². The zero-order valence-electron chi connectivity index (χ0n) is 11.0. The largest absolute Gasteiger partial charge is 0.385 e. The Morgan fingerprint density at radius 2 is 2.33 bits per heavy atom. The Kier molecular flexibility index (Phi) is 6.93. The lowest BCUT2D eigenvalue weighted by Crippen LogP contribution is -2.42. The minimum atomic E-state index is -0.496. The van der Waals surface area contributed by atoms with Crippen LogP contribution in [-0.2, 0) is 9.53 Å². The quantitative estimate of drug-likeness (QED) is 0.760. The van der Waals surface area contributed by atoms with Crippen LogP contribution in [0.15, 0.2) is 17.5 Å². The number of amides is 1. The molecule has 2 atom stereocenters. The number of methoxy groups -OCH3 is 1. The standard InChI is InChI=1S/C13H22N2O2S/c1-3-5-11(12-6-4-9-18-12)15-13(16)10(14)7-8-17-2/h4,6,9-11H,3,5,7-8,14H2,1-2H3,(H,15,16). The first-order valence-electron chi connectivity index (χ1n) is 6.27. The molecule has 1 rings (SSSR count). The van der Waals surface area contributed by atoms with Gasteiger partial charge in [0.25, 0.3) is 0 Å². The van der Waals surface area contributed by atoms with E-state index in [1.807, 2.05) is 17.5 Å². The predicted octanol–water partition coefficient (Wildman–Crippen LogP) is 2.07. The van der Waals surface area contributed by atoms with E-state index in [-0.39, 0.29) is 11.9 Å². The van der Waals surface area contributed by atoms with Gasteiger partial charge in [-0.05, 0) is 24.3 Å². The molecule has 0 aliphatic rings. The van der Waals surface area contributed by atoms with Crippen LogP contribution < -0.4 is 11.1 Å². The summed E-state index contributed by atoms with van der Waals surface area (Å²) < 4.78 is 4.93. The normalized spacial score (nSPS) is 14.2. The number of hydrogen-bond acceptors (Lipinski definition) is 4. The Hall–Kier alpha value is -0.910. The SMILES string of the molecule is CCCC(NC(=O)C(N)CCOC)c1cccs1.